The topological polar surface area (TPSA) is 66.5 Å². The van der Waals surface area contributed by atoms with Crippen molar-refractivity contribution in [2.24, 2.45) is 0 Å². The molecule has 0 unspecified atom stereocenters. The number of hydrogen-bond acceptors (Lipinski definition) is 3. The zero-order valence-corrected chi connectivity index (χ0v) is 7.22. The molecule has 0 bridgehead atoms. The van der Waals surface area contributed by atoms with E-state index < -0.39 is 29.6 Å². The first-order chi connectivity index (χ1) is 6.79. The standard InChI is InChI=1S/C7H5F3N2O3/c8-7(9,10)6(1-2-6)12-4(14)3(13)11-5(12)15/h1-2H2,(H,11,13,15). The predicted molar refractivity (Wildman–Crippen MR) is 38.4 cm³/mol. The Bertz CT molecular complexity index is 372. The Morgan fingerprint density at radius 1 is 1.20 bits per heavy atom. The van der Waals surface area contributed by atoms with Gasteiger partial charge in [0.25, 0.3) is 0 Å². The van der Waals surface area contributed by atoms with E-state index in [0.717, 1.165) is 0 Å². The first-order valence-electron chi connectivity index (χ1n) is 4.06. The second-order valence-corrected chi connectivity index (χ2v) is 3.43. The molecule has 5 nitrogen and oxygen atoms in total. The van der Waals surface area contributed by atoms with Crippen LogP contribution in [-0.2, 0) is 9.59 Å². The lowest BCUT2D eigenvalue weighted by Crippen LogP contribution is -2.51. The predicted octanol–water partition coefficient (Wildman–Crippen LogP) is 0.160. The Hall–Kier alpha value is -1.60. The van der Waals surface area contributed by atoms with Crippen molar-refractivity contribution in [3.8, 4) is 0 Å². The molecule has 0 atom stereocenters. The zero-order valence-electron chi connectivity index (χ0n) is 7.22. The SMILES string of the molecule is O=C1NC(=O)N(C2(C(F)(F)F)CC2)C1=O. The molecule has 15 heavy (non-hydrogen) atoms. The van der Waals surface area contributed by atoms with Gasteiger partial charge in [-0.15, -0.1) is 0 Å². The average molecular weight is 222 g/mol. The number of carbonyl (C=O) groups excluding carboxylic acids is 3. The van der Waals surface area contributed by atoms with Crippen LogP contribution in [0.25, 0.3) is 0 Å². The molecule has 0 aromatic heterocycles. The summed E-state index contributed by atoms with van der Waals surface area (Å²) in [6.45, 7) is 0. The number of amides is 4. The number of rotatable bonds is 1. The van der Waals surface area contributed by atoms with Crippen LogP contribution < -0.4 is 5.32 Å². The maximum Gasteiger partial charge on any atom is 0.412 e. The summed E-state index contributed by atoms with van der Waals surface area (Å²) in [6, 6.07) is -1.29. The van der Waals surface area contributed by atoms with Gasteiger partial charge in [0.1, 0.15) is 5.54 Å². The number of nitrogens with one attached hydrogen (secondary N) is 1. The van der Waals surface area contributed by atoms with Gasteiger partial charge in [0.2, 0.25) is 0 Å². The van der Waals surface area contributed by atoms with Crippen molar-refractivity contribution in [1.82, 2.24) is 10.2 Å². The molecule has 1 saturated heterocycles. The smallest absolute Gasteiger partial charge is 0.269 e. The Balaban J connectivity index is 2.36. The molecule has 0 aromatic carbocycles. The minimum absolute atomic E-state index is 0.0185. The largest absolute Gasteiger partial charge is 0.412 e. The number of carbonyl (C=O) groups is 3. The number of alkyl halides is 3. The second-order valence-electron chi connectivity index (χ2n) is 3.43. The maximum atomic E-state index is 12.5. The molecule has 1 saturated carbocycles. The van der Waals surface area contributed by atoms with Crippen LogP contribution in [0.4, 0.5) is 18.0 Å². The van der Waals surface area contributed by atoms with E-state index in [1.54, 1.807) is 0 Å². The molecule has 0 aromatic rings. The van der Waals surface area contributed by atoms with E-state index in [4.69, 9.17) is 0 Å². The molecule has 0 radical (unpaired) electrons. The number of imide groups is 2. The van der Waals surface area contributed by atoms with Gasteiger partial charge in [-0.3, -0.25) is 14.9 Å². The molecule has 2 rings (SSSR count). The van der Waals surface area contributed by atoms with Gasteiger partial charge in [-0.05, 0) is 12.8 Å². The van der Waals surface area contributed by atoms with Gasteiger partial charge in [0, 0.05) is 0 Å². The summed E-state index contributed by atoms with van der Waals surface area (Å²) in [5.74, 6) is -2.75. The van der Waals surface area contributed by atoms with E-state index in [1.165, 1.54) is 5.32 Å². The summed E-state index contributed by atoms with van der Waals surface area (Å²) < 4.78 is 37.6. The Labute approximate surface area is 81.2 Å². The molecule has 0 spiro atoms. The lowest BCUT2D eigenvalue weighted by molar-refractivity contribution is -0.190. The van der Waals surface area contributed by atoms with Crippen molar-refractivity contribution >= 4 is 17.8 Å². The van der Waals surface area contributed by atoms with Crippen molar-refractivity contribution in [1.29, 1.82) is 0 Å². The van der Waals surface area contributed by atoms with Crippen LogP contribution in [0.3, 0.4) is 0 Å². The fraction of sp³-hybridized carbons (Fsp3) is 0.571. The van der Waals surface area contributed by atoms with Crippen molar-refractivity contribution in [2.75, 3.05) is 0 Å². The summed E-state index contributed by atoms with van der Waals surface area (Å²) >= 11 is 0. The molecule has 1 aliphatic carbocycles. The minimum atomic E-state index is -4.69. The summed E-state index contributed by atoms with van der Waals surface area (Å²) in [4.78, 5) is 32.7. The molecule has 1 aliphatic heterocycles. The van der Waals surface area contributed by atoms with Gasteiger partial charge in [-0.25, -0.2) is 9.69 Å². The monoisotopic (exact) mass is 222 g/mol. The highest BCUT2D eigenvalue weighted by molar-refractivity contribution is 6.45. The zero-order chi connectivity index (χ0) is 11.4. The van der Waals surface area contributed by atoms with Crippen LogP contribution in [0, 0.1) is 0 Å². The van der Waals surface area contributed by atoms with Gasteiger partial charge >= 0.3 is 24.0 Å². The van der Waals surface area contributed by atoms with Crippen LogP contribution >= 0.6 is 0 Å². The van der Waals surface area contributed by atoms with Gasteiger partial charge in [-0.1, -0.05) is 0 Å². The molecular weight excluding hydrogens is 217 g/mol. The average Bonchev–Trinajstić information content (AvgIpc) is 2.79. The highest BCUT2D eigenvalue weighted by Gasteiger charge is 2.71. The third kappa shape index (κ3) is 1.13. The maximum absolute atomic E-state index is 12.5. The molecule has 1 N–H and O–H groups in total. The molecular formula is C7H5F3N2O3. The Morgan fingerprint density at radius 3 is 2.00 bits per heavy atom. The van der Waals surface area contributed by atoms with Gasteiger partial charge in [0.15, 0.2) is 0 Å². The van der Waals surface area contributed by atoms with Gasteiger partial charge < -0.3 is 0 Å². The van der Waals surface area contributed by atoms with Crippen molar-refractivity contribution in [2.45, 2.75) is 24.6 Å². The Morgan fingerprint density at radius 2 is 1.73 bits per heavy atom. The van der Waals surface area contributed by atoms with E-state index in [9.17, 15) is 27.6 Å². The molecule has 1 heterocycles. The van der Waals surface area contributed by atoms with Crippen LogP contribution in [0.5, 0.6) is 0 Å². The first kappa shape index (κ1) is 9.94. The van der Waals surface area contributed by atoms with E-state index in [2.05, 4.69) is 0 Å². The fourth-order valence-electron chi connectivity index (χ4n) is 1.54. The summed E-state index contributed by atoms with van der Waals surface area (Å²) in [5.41, 5.74) is -2.46. The third-order valence-corrected chi connectivity index (χ3v) is 2.50. The van der Waals surface area contributed by atoms with Gasteiger partial charge in [-0.2, -0.15) is 13.2 Å². The minimum Gasteiger partial charge on any atom is -0.269 e. The van der Waals surface area contributed by atoms with Crippen LogP contribution in [0.2, 0.25) is 0 Å². The first-order valence-corrected chi connectivity index (χ1v) is 4.06. The number of halogens is 3. The lowest BCUT2D eigenvalue weighted by atomic mass is 10.2. The van der Waals surface area contributed by atoms with Crippen LogP contribution in [-0.4, -0.2) is 34.5 Å². The van der Waals surface area contributed by atoms with E-state index >= 15 is 0 Å². The molecule has 82 valence electrons. The van der Waals surface area contributed by atoms with Crippen molar-refractivity contribution in [3.05, 3.63) is 0 Å². The quantitative estimate of drug-likeness (QED) is 0.507. The second kappa shape index (κ2) is 2.50. The number of nitrogens with zero attached hydrogens (tertiary/aromatic N) is 1. The normalized spacial score (nSPS) is 24.5. The lowest BCUT2D eigenvalue weighted by Gasteiger charge is -2.26. The Kier molecular flexibility index (Phi) is 1.65. The summed E-state index contributed by atoms with van der Waals surface area (Å²) in [7, 11) is 0. The van der Waals surface area contributed by atoms with Crippen LogP contribution in [0.15, 0.2) is 0 Å². The molecule has 2 fully saturated rings. The van der Waals surface area contributed by atoms with E-state index in [0.29, 0.717) is 0 Å². The van der Waals surface area contributed by atoms with E-state index in [-0.39, 0.29) is 17.7 Å². The molecule has 2 aliphatic rings. The highest BCUT2D eigenvalue weighted by Crippen LogP contribution is 2.54. The van der Waals surface area contributed by atoms with Crippen molar-refractivity contribution < 1.29 is 27.6 Å². The number of hydrogen-bond donors (Lipinski definition) is 1. The van der Waals surface area contributed by atoms with Gasteiger partial charge in [0.05, 0.1) is 0 Å². The molecule has 8 heteroatoms. The summed E-state index contributed by atoms with van der Waals surface area (Å²) in [5, 5.41) is 1.53. The number of urea groups is 1. The van der Waals surface area contributed by atoms with Crippen LogP contribution in [0.1, 0.15) is 12.8 Å². The van der Waals surface area contributed by atoms with E-state index in [1.807, 2.05) is 0 Å². The molecule has 4 amide bonds. The van der Waals surface area contributed by atoms with Crippen molar-refractivity contribution in [3.63, 3.8) is 0 Å². The third-order valence-electron chi connectivity index (χ3n) is 2.50. The highest BCUT2D eigenvalue weighted by atomic mass is 19.4. The fourth-order valence-corrected chi connectivity index (χ4v) is 1.54. The summed E-state index contributed by atoms with van der Waals surface area (Å²) in [6.07, 6.45) is -5.38.